The molecule has 0 aromatic heterocycles. The summed E-state index contributed by atoms with van der Waals surface area (Å²) in [5.41, 5.74) is 1.39. The number of ether oxygens (including phenoxy) is 1. The van der Waals surface area contributed by atoms with Gasteiger partial charge in [-0.05, 0) is 85.0 Å². The number of carbonyl (C=O) groups excluding carboxylic acids is 2. The number of hydrogen-bond acceptors (Lipinski definition) is 4. The zero-order valence-corrected chi connectivity index (χ0v) is 18.3. The number of anilines is 3. The van der Waals surface area contributed by atoms with Crippen molar-refractivity contribution in [3.63, 3.8) is 0 Å². The molecule has 0 radical (unpaired) electrons. The summed E-state index contributed by atoms with van der Waals surface area (Å²) in [5, 5.41) is 2.82. The fraction of sp³-hybridized carbons (Fsp3) is 0.125. The molecule has 4 rings (SSSR count). The van der Waals surface area contributed by atoms with E-state index in [0.29, 0.717) is 22.8 Å². The molecule has 168 valence electrons. The standard InChI is InChI=1S/C24H19F2N3O3S/c1-32-20-12-10-19(11-13-20)29-23(31)21(14-22(30)27-17-6-2-15(25)3-7-17)28(24(29)33)18-8-4-16(26)5-9-18/h2-13,21H,14H2,1H3,(H,27,30)/t21-/m0/s1. The van der Waals surface area contributed by atoms with E-state index in [-0.39, 0.29) is 11.5 Å². The van der Waals surface area contributed by atoms with Gasteiger partial charge in [-0.25, -0.2) is 8.78 Å². The summed E-state index contributed by atoms with van der Waals surface area (Å²) in [7, 11) is 1.53. The molecule has 1 N–H and O–H groups in total. The predicted octanol–water partition coefficient (Wildman–Crippen LogP) is 4.51. The number of rotatable bonds is 6. The second-order valence-corrected chi connectivity index (χ2v) is 7.64. The van der Waals surface area contributed by atoms with E-state index < -0.39 is 29.5 Å². The minimum atomic E-state index is -0.953. The fourth-order valence-electron chi connectivity index (χ4n) is 3.56. The zero-order valence-electron chi connectivity index (χ0n) is 17.5. The molecule has 1 heterocycles. The number of halogens is 2. The Morgan fingerprint density at radius 3 is 2.06 bits per heavy atom. The lowest BCUT2D eigenvalue weighted by Gasteiger charge is -2.24. The maximum absolute atomic E-state index is 13.5. The molecule has 1 saturated heterocycles. The van der Waals surface area contributed by atoms with Crippen molar-refractivity contribution < 1.29 is 23.1 Å². The summed E-state index contributed by atoms with van der Waals surface area (Å²) < 4.78 is 31.8. The first-order valence-electron chi connectivity index (χ1n) is 9.99. The van der Waals surface area contributed by atoms with Crippen LogP contribution in [0.15, 0.2) is 72.8 Å². The Labute approximate surface area is 194 Å². The van der Waals surface area contributed by atoms with Crippen LogP contribution in [0.25, 0.3) is 0 Å². The molecule has 0 spiro atoms. The third-order valence-corrected chi connectivity index (χ3v) is 5.54. The average Bonchev–Trinajstić information content (AvgIpc) is 3.05. The maximum Gasteiger partial charge on any atom is 0.257 e. The monoisotopic (exact) mass is 467 g/mol. The van der Waals surface area contributed by atoms with Gasteiger partial charge in [0.1, 0.15) is 23.4 Å². The van der Waals surface area contributed by atoms with E-state index in [4.69, 9.17) is 17.0 Å². The molecule has 1 aliphatic heterocycles. The summed E-state index contributed by atoms with van der Waals surface area (Å²) in [6, 6.07) is 16.6. The van der Waals surface area contributed by atoms with Gasteiger partial charge in [0, 0.05) is 11.4 Å². The van der Waals surface area contributed by atoms with E-state index in [1.54, 1.807) is 24.3 Å². The number of benzene rings is 3. The van der Waals surface area contributed by atoms with Crippen molar-refractivity contribution in [2.45, 2.75) is 12.5 Å². The van der Waals surface area contributed by atoms with E-state index in [1.807, 2.05) is 0 Å². The molecular weight excluding hydrogens is 448 g/mol. The molecule has 0 unspecified atom stereocenters. The van der Waals surface area contributed by atoms with Crippen molar-refractivity contribution in [3.8, 4) is 5.75 Å². The van der Waals surface area contributed by atoms with E-state index in [1.165, 1.54) is 65.4 Å². The van der Waals surface area contributed by atoms with Gasteiger partial charge < -0.3 is 15.0 Å². The van der Waals surface area contributed by atoms with E-state index in [2.05, 4.69) is 5.32 Å². The van der Waals surface area contributed by atoms with Crippen molar-refractivity contribution in [2.24, 2.45) is 0 Å². The number of nitrogens with zero attached hydrogens (tertiary/aromatic N) is 2. The molecule has 3 aromatic rings. The van der Waals surface area contributed by atoms with Crippen molar-refractivity contribution >= 4 is 46.2 Å². The topological polar surface area (TPSA) is 61.9 Å². The number of hydrogen-bond donors (Lipinski definition) is 1. The second kappa shape index (κ2) is 9.33. The largest absolute Gasteiger partial charge is 0.497 e. The van der Waals surface area contributed by atoms with E-state index in [0.717, 1.165) is 0 Å². The highest BCUT2D eigenvalue weighted by atomic mass is 32.1. The van der Waals surface area contributed by atoms with E-state index in [9.17, 15) is 18.4 Å². The molecule has 0 bridgehead atoms. The Balaban J connectivity index is 1.64. The van der Waals surface area contributed by atoms with Crippen LogP contribution in [0.5, 0.6) is 5.75 Å². The van der Waals surface area contributed by atoms with Gasteiger partial charge in [0.2, 0.25) is 5.91 Å². The quantitative estimate of drug-likeness (QED) is 0.541. The molecule has 3 aromatic carbocycles. The summed E-state index contributed by atoms with van der Waals surface area (Å²) in [5.74, 6) is -1.10. The molecule has 33 heavy (non-hydrogen) atoms. The molecule has 2 amide bonds. The SMILES string of the molecule is COc1ccc(N2C(=O)[C@H](CC(=O)Nc3ccc(F)cc3)N(c3ccc(F)cc3)C2=S)cc1. The summed E-state index contributed by atoms with van der Waals surface area (Å²) in [6.07, 6.45) is -0.222. The van der Waals surface area contributed by atoms with Gasteiger partial charge in [-0.2, -0.15) is 0 Å². The molecule has 0 aliphatic carbocycles. The van der Waals surface area contributed by atoms with Crippen LogP contribution in [0.2, 0.25) is 0 Å². The first-order valence-corrected chi connectivity index (χ1v) is 10.4. The second-order valence-electron chi connectivity index (χ2n) is 7.28. The Kier molecular flexibility index (Phi) is 6.32. The smallest absolute Gasteiger partial charge is 0.257 e. The normalized spacial score (nSPS) is 15.7. The van der Waals surface area contributed by atoms with Gasteiger partial charge in [0.05, 0.1) is 19.2 Å². The molecule has 9 heteroatoms. The first-order chi connectivity index (χ1) is 15.9. The van der Waals surface area contributed by atoms with Gasteiger partial charge in [-0.15, -0.1) is 0 Å². The predicted molar refractivity (Wildman–Crippen MR) is 125 cm³/mol. The maximum atomic E-state index is 13.5. The summed E-state index contributed by atoms with van der Waals surface area (Å²) in [4.78, 5) is 29.0. The van der Waals surface area contributed by atoms with Crippen molar-refractivity contribution in [2.75, 3.05) is 22.2 Å². The van der Waals surface area contributed by atoms with Crippen molar-refractivity contribution in [1.29, 1.82) is 0 Å². The highest BCUT2D eigenvalue weighted by Gasteiger charge is 2.45. The molecule has 1 aliphatic rings. The Bertz CT molecular complexity index is 1190. The van der Waals surface area contributed by atoms with Crippen molar-refractivity contribution in [1.82, 2.24) is 0 Å². The van der Waals surface area contributed by atoms with Crippen LogP contribution < -0.4 is 19.9 Å². The van der Waals surface area contributed by atoms with Crippen LogP contribution >= 0.6 is 12.2 Å². The molecule has 0 saturated carbocycles. The Hall–Kier alpha value is -3.85. The Morgan fingerprint density at radius 2 is 1.48 bits per heavy atom. The van der Waals surface area contributed by atoms with Crippen LogP contribution in [0.1, 0.15) is 6.42 Å². The zero-order chi connectivity index (χ0) is 23.5. The fourth-order valence-corrected chi connectivity index (χ4v) is 3.98. The molecule has 1 atom stereocenters. The van der Waals surface area contributed by atoms with Crippen LogP contribution in [0, 0.1) is 11.6 Å². The van der Waals surface area contributed by atoms with Gasteiger partial charge in [-0.3, -0.25) is 14.5 Å². The molecule has 6 nitrogen and oxygen atoms in total. The molecule has 1 fully saturated rings. The number of nitrogens with one attached hydrogen (secondary N) is 1. The highest BCUT2D eigenvalue weighted by molar-refractivity contribution is 7.81. The average molecular weight is 467 g/mol. The summed E-state index contributed by atoms with van der Waals surface area (Å²) >= 11 is 5.60. The number of carbonyl (C=O) groups is 2. The lowest BCUT2D eigenvalue weighted by atomic mass is 10.1. The third kappa shape index (κ3) is 4.68. The van der Waals surface area contributed by atoms with Gasteiger partial charge in [-0.1, -0.05) is 0 Å². The van der Waals surface area contributed by atoms with Crippen LogP contribution in [-0.4, -0.2) is 30.1 Å². The first kappa shape index (κ1) is 22.3. The van der Waals surface area contributed by atoms with Crippen LogP contribution in [0.3, 0.4) is 0 Å². The van der Waals surface area contributed by atoms with Gasteiger partial charge in [0.25, 0.3) is 5.91 Å². The third-order valence-electron chi connectivity index (χ3n) is 5.16. The van der Waals surface area contributed by atoms with Gasteiger partial charge >= 0.3 is 0 Å². The lowest BCUT2D eigenvalue weighted by molar-refractivity contribution is -0.122. The minimum Gasteiger partial charge on any atom is -0.497 e. The number of thiocarbonyl (C=S) groups is 1. The minimum absolute atomic E-state index is 0.163. The highest BCUT2D eigenvalue weighted by Crippen LogP contribution is 2.32. The van der Waals surface area contributed by atoms with Crippen LogP contribution in [-0.2, 0) is 9.59 Å². The number of amides is 2. The van der Waals surface area contributed by atoms with E-state index >= 15 is 0 Å². The number of methoxy groups -OCH3 is 1. The Morgan fingerprint density at radius 1 is 0.939 bits per heavy atom. The lowest BCUT2D eigenvalue weighted by Crippen LogP contribution is -2.38. The van der Waals surface area contributed by atoms with Gasteiger partial charge in [0.15, 0.2) is 5.11 Å². The van der Waals surface area contributed by atoms with Crippen molar-refractivity contribution in [3.05, 3.63) is 84.4 Å². The summed E-state index contributed by atoms with van der Waals surface area (Å²) in [6.45, 7) is 0. The molecular formula is C24H19F2N3O3S. The van der Waals surface area contributed by atoms with Crippen LogP contribution in [0.4, 0.5) is 25.8 Å².